The van der Waals surface area contributed by atoms with Gasteiger partial charge < -0.3 is 0 Å². The van der Waals surface area contributed by atoms with Crippen molar-refractivity contribution in [1.29, 1.82) is 0 Å². The average molecular weight is 342 g/mol. The lowest BCUT2D eigenvalue weighted by Gasteiger charge is -2.01. The Morgan fingerprint density at radius 3 is 2.57 bits per heavy atom. The summed E-state index contributed by atoms with van der Waals surface area (Å²) in [5.74, 6) is 0. The predicted molar refractivity (Wildman–Crippen MR) is 100 cm³/mol. The second kappa shape index (κ2) is 6.64. The fourth-order valence-electron chi connectivity index (χ4n) is 2.27. The van der Waals surface area contributed by atoms with Crippen LogP contribution in [0.5, 0.6) is 0 Å². The summed E-state index contributed by atoms with van der Waals surface area (Å²) in [5.41, 5.74) is 4.51. The van der Waals surface area contributed by atoms with E-state index in [-0.39, 0.29) is 0 Å². The van der Waals surface area contributed by atoms with Crippen molar-refractivity contribution in [2.45, 2.75) is 27.7 Å². The summed E-state index contributed by atoms with van der Waals surface area (Å²) in [6.45, 7) is 8.34. The highest BCUT2D eigenvalue weighted by Gasteiger charge is 2.02. The Kier molecular flexibility index (Phi) is 4.59. The van der Waals surface area contributed by atoms with Crippen LogP contribution in [0.2, 0.25) is 0 Å². The molecule has 0 fully saturated rings. The predicted octanol–water partition coefficient (Wildman–Crippen LogP) is 4.96. The minimum Gasteiger partial charge on any atom is -0.219 e. The number of rotatable bonds is 3. The molecule has 0 amide bonds. The summed E-state index contributed by atoms with van der Waals surface area (Å²) in [6.07, 6.45) is 1.90. The maximum absolute atomic E-state index is 4.79. The molecule has 3 nitrogen and oxygen atoms in total. The molecule has 0 atom stereocenters. The molecule has 0 unspecified atom stereocenters. The topological polar surface area (TPSA) is 29.6 Å². The Hall–Kier alpha value is -1.98. The molecule has 3 rings (SSSR count). The van der Waals surface area contributed by atoms with Crippen molar-refractivity contribution in [3.63, 3.8) is 0 Å². The first-order valence-corrected chi connectivity index (χ1v) is 9.12. The first kappa shape index (κ1) is 15.9. The monoisotopic (exact) mass is 341 g/mol. The molecule has 2 aromatic heterocycles. The number of aromatic nitrogens is 1. The van der Waals surface area contributed by atoms with Gasteiger partial charge >= 0.3 is 0 Å². The van der Waals surface area contributed by atoms with Crippen LogP contribution in [0, 0.1) is 27.7 Å². The molecule has 118 valence electrons. The van der Waals surface area contributed by atoms with Gasteiger partial charge in [0.05, 0.1) is 17.6 Å². The fraction of sp³-hybridized carbons (Fsp3) is 0.222. The van der Waals surface area contributed by atoms with Gasteiger partial charge in [0.1, 0.15) is 0 Å². The third kappa shape index (κ3) is 3.68. The Morgan fingerprint density at radius 2 is 1.87 bits per heavy atom. The minimum atomic E-state index is 0.888. The van der Waals surface area contributed by atoms with Gasteiger partial charge in [0.2, 0.25) is 4.80 Å². The smallest absolute Gasteiger partial charge is 0.211 e. The maximum Gasteiger partial charge on any atom is 0.211 e. The van der Waals surface area contributed by atoms with E-state index >= 15 is 0 Å². The van der Waals surface area contributed by atoms with Crippen LogP contribution >= 0.6 is 22.7 Å². The van der Waals surface area contributed by atoms with Crippen LogP contribution < -0.4 is 4.80 Å². The van der Waals surface area contributed by atoms with Crippen molar-refractivity contribution in [2.75, 3.05) is 0 Å². The van der Waals surface area contributed by atoms with E-state index in [0.29, 0.717) is 0 Å². The van der Waals surface area contributed by atoms with Gasteiger partial charge in [-0.15, -0.1) is 22.7 Å². The molecule has 0 bridgehead atoms. The lowest BCUT2D eigenvalue weighted by Crippen LogP contribution is -2.11. The van der Waals surface area contributed by atoms with E-state index in [1.165, 1.54) is 16.0 Å². The van der Waals surface area contributed by atoms with Crippen molar-refractivity contribution in [2.24, 2.45) is 10.1 Å². The van der Waals surface area contributed by atoms with Crippen LogP contribution in [-0.4, -0.2) is 10.9 Å². The van der Waals surface area contributed by atoms with E-state index in [2.05, 4.69) is 68.5 Å². The molecule has 0 aliphatic carbocycles. The molecule has 3 aromatic rings. The van der Waals surface area contributed by atoms with Crippen LogP contribution in [0.4, 0.5) is 5.69 Å². The second-order valence-electron chi connectivity index (χ2n) is 5.57. The normalized spacial score (nSPS) is 12.4. The van der Waals surface area contributed by atoms with Crippen LogP contribution in [0.3, 0.4) is 0 Å². The zero-order valence-electron chi connectivity index (χ0n) is 13.7. The van der Waals surface area contributed by atoms with Crippen LogP contribution in [0.25, 0.3) is 0 Å². The highest BCUT2D eigenvalue weighted by Crippen LogP contribution is 2.19. The number of hydrogen-bond acceptors (Lipinski definition) is 4. The number of nitrogens with zero attached hydrogens (tertiary/aromatic N) is 3. The molecular weight excluding hydrogens is 322 g/mol. The highest BCUT2D eigenvalue weighted by molar-refractivity contribution is 7.13. The van der Waals surface area contributed by atoms with Crippen LogP contribution in [-0.2, 0) is 0 Å². The van der Waals surface area contributed by atoms with E-state index in [0.717, 1.165) is 21.1 Å². The largest absolute Gasteiger partial charge is 0.219 e. The number of hydrogen-bond donors (Lipinski definition) is 0. The summed E-state index contributed by atoms with van der Waals surface area (Å²) in [6, 6.07) is 10.5. The van der Waals surface area contributed by atoms with E-state index in [1.807, 2.05) is 10.9 Å². The third-order valence-corrected chi connectivity index (χ3v) is 5.35. The molecule has 5 heteroatoms. The van der Waals surface area contributed by atoms with Gasteiger partial charge in [-0.1, -0.05) is 17.7 Å². The lowest BCUT2D eigenvalue weighted by atomic mass is 10.1. The molecule has 0 radical (unpaired) electrons. The summed E-state index contributed by atoms with van der Waals surface area (Å²) in [7, 11) is 0. The van der Waals surface area contributed by atoms with E-state index in [4.69, 9.17) is 4.99 Å². The lowest BCUT2D eigenvalue weighted by molar-refractivity contribution is 0.809. The van der Waals surface area contributed by atoms with E-state index in [1.54, 1.807) is 22.7 Å². The SMILES string of the molecule is Cc1ccc(N=c2scc(C)n2N=Cc2ccc(C)s2)c(C)c1. The van der Waals surface area contributed by atoms with Crippen molar-refractivity contribution < 1.29 is 0 Å². The van der Waals surface area contributed by atoms with E-state index in [9.17, 15) is 0 Å². The Labute approximate surface area is 144 Å². The maximum atomic E-state index is 4.79. The second-order valence-corrected chi connectivity index (χ2v) is 7.72. The van der Waals surface area contributed by atoms with Gasteiger partial charge in [0.15, 0.2) is 0 Å². The summed E-state index contributed by atoms with van der Waals surface area (Å²) < 4.78 is 1.90. The molecule has 0 aliphatic heterocycles. The molecule has 2 heterocycles. The van der Waals surface area contributed by atoms with Gasteiger partial charge in [-0.3, -0.25) is 0 Å². The van der Waals surface area contributed by atoms with Gasteiger partial charge in [-0.05, 0) is 51.5 Å². The van der Waals surface area contributed by atoms with E-state index < -0.39 is 0 Å². The molecule has 0 saturated carbocycles. The standard InChI is InChI=1S/C18H19N3S2/c1-12-5-8-17(13(2)9-12)20-18-21(14(3)11-22-18)19-10-16-7-6-15(4)23-16/h5-11H,1-4H3. The number of aryl methyl sites for hydroxylation is 4. The van der Waals surface area contributed by atoms with Gasteiger partial charge in [-0.2, -0.15) is 5.10 Å². The number of thiazole rings is 1. The van der Waals surface area contributed by atoms with Crippen LogP contribution in [0.15, 0.2) is 45.8 Å². The summed E-state index contributed by atoms with van der Waals surface area (Å²) >= 11 is 3.35. The zero-order chi connectivity index (χ0) is 16.4. The molecule has 0 N–H and O–H groups in total. The number of thiophene rings is 1. The van der Waals surface area contributed by atoms with Gasteiger partial charge in [-0.25, -0.2) is 9.67 Å². The van der Waals surface area contributed by atoms with Crippen molar-refractivity contribution in [3.8, 4) is 0 Å². The molecular formula is C18H19N3S2. The molecule has 0 saturated heterocycles. The van der Waals surface area contributed by atoms with Gasteiger partial charge in [0, 0.05) is 15.1 Å². The first-order valence-electron chi connectivity index (χ1n) is 7.43. The van der Waals surface area contributed by atoms with Crippen LogP contribution in [0.1, 0.15) is 26.6 Å². The van der Waals surface area contributed by atoms with Crippen molar-refractivity contribution >= 4 is 34.6 Å². The summed E-state index contributed by atoms with van der Waals surface area (Å²) in [4.78, 5) is 8.12. The summed E-state index contributed by atoms with van der Waals surface area (Å²) in [5, 5.41) is 6.69. The zero-order valence-corrected chi connectivity index (χ0v) is 15.3. The Morgan fingerprint density at radius 1 is 1.04 bits per heavy atom. The molecule has 23 heavy (non-hydrogen) atoms. The Bertz CT molecular complexity index is 926. The van der Waals surface area contributed by atoms with Crippen molar-refractivity contribution in [1.82, 2.24) is 4.68 Å². The first-order chi connectivity index (χ1) is 11.0. The number of benzene rings is 1. The van der Waals surface area contributed by atoms with Crippen molar-refractivity contribution in [3.05, 3.63) is 67.1 Å². The fourth-order valence-corrected chi connectivity index (χ4v) is 3.84. The average Bonchev–Trinajstić information content (AvgIpc) is 3.06. The quantitative estimate of drug-likeness (QED) is 0.603. The highest BCUT2D eigenvalue weighted by atomic mass is 32.1. The Balaban J connectivity index is 2.01. The molecule has 0 aliphatic rings. The minimum absolute atomic E-state index is 0.888. The molecule has 0 spiro atoms. The third-order valence-electron chi connectivity index (χ3n) is 3.48. The molecule has 1 aromatic carbocycles. The van der Waals surface area contributed by atoms with Gasteiger partial charge in [0.25, 0.3) is 0 Å².